The highest BCUT2D eigenvalue weighted by molar-refractivity contribution is 4.80. The van der Waals surface area contributed by atoms with Gasteiger partial charge in [0.2, 0.25) is 0 Å². The van der Waals surface area contributed by atoms with Crippen LogP contribution >= 0.6 is 0 Å². The molecule has 96 valence electrons. The van der Waals surface area contributed by atoms with Crippen molar-refractivity contribution in [2.45, 2.75) is 32.7 Å². The van der Waals surface area contributed by atoms with E-state index in [9.17, 15) is 0 Å². The van der Waals surface area contributed by atoms with Gasteiger partial charge in [-0.15, -0.1) is 0 Å². The van der Waals surface area contributed by atoms with Crippen LogP contribution in [0.25, 0.3) is 0 Å². The summed E-state index contributed by atoms with van der Waals surface area (Å²) in [6, 6.07) is 0.727. The monoisotopic (exact) mass is 227 g/mol. The van der Waals surface area contributed by atoms with Gasteiger partial charge in [-0.25, -0.2) is 0 Å². The van der Waals surface area contributed by atoms with Crippen molar-refractivity contribution in [2.24, 2.45) is 5.92 Å². The van der Waals surface area contributed by atoms with E-state index >= 15 is 0 Å². The van der Waals surface area contributed by atoms with Crippen LogP contribution in [0.5, 0.6) is 0 Å². The molecule has 0 aromatic heterocycles. The summed E-state index contributed by atoms with van der Waals surface area (Å²) < 4.78 is 0. The van der Waals surface area contributed by atoms with Gasteiger partial charge in [0.05, 0.1) is 0 Å². The largest absolute Gasteiger partial charge is 0.315 e. The van der Waals surface area contributed by atoms with Crippen LogP contribution in [0.15, 0.2) is 0 Å². The number of hydrogen-bond donors (Lipinski definition) is 1. The molecular weight excluding hydrogens is 198 g/mol. The molecule has 1 aliphatic rings. The summed E-state index contributed by atoms with van der Waals surface area (Å²) in [5, 5.41) is 3.56. The quantitative estimate of drug-likeness (QED) is 0.763. The lowest BCUT2D eigenvalue weighted by molar-refractivity contribution is 0.160. The Morgan fingerprint density at radius 3 is 2.75 bits per heavy atom. The van der Waals surface area contributed by atoms with Gasteiger partial charge in [-0.1, -0.05) is 13.8 Å². The predicted molar refractivity (Wildman–Crippen MR) is 70.9 cm³/mol. The van der Waals surface area contributed by atoms with E-state index < -0.39 is 0 Å². The molecule has 1 heterocycles. The molecule has 0 aromatic rings. The van der Waals surface area contributed by atoms with Crippen LogP contribution < -0.4 is 5.32 Å². The Morgan fingerprint density at radius 2 is 2.12 bits per heavy atom. The first-order chi connectivity index (χ1) is 7.61. The molecule has 0 aliphatic carbocycles. The van der Waals surface area contributed by atoms with E-state index in [0.29, 0.717) is 0 Å². The van der Waals surface area contributed by atoms with Gasteiger partial charge in [0.1, 0.15) is 0 Å². The zero-order valence-electron chi connectivity index (χ0n) is 11.5. The third-order valence-electron chi connectivity index (χ3n) is 3.44. The van der Waals surface area contributed by atoms with Gasteiger partial charge in [-0.3, -0.25) is 4.90 Å². The second-order valence-electron chi connectivity index (χ2n) is 5.56. The first-order valence-corrected chi connectivity index (χ1v) is 6.70. The van der Waals surface area contributed by atoms with Crippen molar-refractivity contribution in [3.8, 4) is 0 Å². The summed E-state index contributed by atoms with van der Waals surface area (Å²) in [7, 11) is 4.31. The Labute approximate surface area is 101 Å². The standard InChI is InChI=1S/C13H29N3/c1-12(2)13-11-14-7-5-9-16(13)10-6-8-15(3)4/h12-14H,5-11H2,1-4H3. The molecule has 3 nitrogen and oxygen atoms in total. The molecule has 1 aliphatic heterocycles. The van der Waals surface area contributed by atoms with E-state index in [0.717, 1.165) is 12.0 Å². The van der Waals surface area contributed by atoms with Crippen molar-refractivity contribution in [1.82, 2.24) is 15.1 Å². The van der Waals surface area contributed by atoms with Gasteiger partial charge < -0.3 is 10.2 Å². The molecule has 1 saturated heterocycles. The summed E-state index contributed by atoms with van der Waals surface area (Å²) in [5.74, 6) is 0.755. The summed E-state index contributed by atoms with van der Waals surface area (Å²) in [5.41, 5.74) is 0. The van der Waals surface area contributed by atoms with Crippen molar-refractivity contribution in [2.75, 3.05) is 46.8 Å². The van der Waals surface area contributed by atoms with Crippen molar-refractivity contribution in [3.63, 3.8) is 0 Å². The van der Waals surface area contributed by atoms with Crippen LogP contribution in [-0.4, -0.2) is 62.7 Å². The zero-order chi connectivity index (χ0) is 12.0. The molecule has 0 amide bonds. The lowest BCUT2D eigenvalue weighted by atomic mass is 10.0. The minimum atomic E-state index is 0.727. The fraction of sp³-hybridized carbons (Fsp3) is 1.00. The molecule has 1 fully saturated rings. The molecule has 0 radical (unpaired) electrons. The summed E-state index contributed by atoms with van der Waals surface area (Å²) in [6.07, 6.45) is 2.58. The first-order valence-electron chi connectivity index (χ1n) is 6.70. The van der Waals surface area contributed by atoms with Gasteiger partial charge in [0, 0.05) is 12.6 Å². The van der Waals surface area contributed by atoms with Crippen molar-refractivity contribution >= 4 is 0 Å². The molecule has 16 heavy (non-hydrogen) atoms. The lowest BCUT2D eigenvalue weighted by Gasteiger charge is -2.32. The van der Waals surface area contributed by atoms with E-state index in [1.54, 1.807) is 0 Å². The molecule has 1 unspecified atom stereocenters. The minimum Gasteiger partial charge on any atom is -0.315 e. The van der Waals surface area contributed by atoms with Gasteiger partial charge in [-0.2, -0.15) is 0 Å². The fourth-order valence-electron chi connectivity index (χ4n) is 2.48. The van der Waals surface area contributed by atoms with E-state index in [1.165, 1.54) is 45.6 Å². The van der Waals surface area contributed by atoms with Crippen molar-refractivity contribution < 1.29 is 0 Å². The predicted octanol–water partition coefficient (Wildman–Crippen LogP) is 1.26. The smallest absolute Gasteiger partial charge is 0.0243 e. The van der Waals surface area contributed by atoms with Crippen LogP contribution in [-0.2, 0) is 0 Å². The maximum Gasteiger partial charge on any atom is 0.0243 e. The van der Waals surface area contributed by atoms with Crippen LogP contribution in [0.2, 0.25) is 0 Å². The molecule has 0 bridgehead atoms. The number of rotatable bonds is 5. The van der Waals surface area contributed by atoms with Crippen LogP contribution in [0.1, 0.15) is 26.7 Å². The Balaban J connectivity index is 2.38. The van der Waals surface area contributed by atoms with Crippen LogP contribution in [0.4, 0.5) is 0 Å². The average Bonchev–Trinajstić information content (AvgIpc) is 2.42. The zero-order valence-corrected chi connectivity index (χ0v) is 11.5. The normalized spacial score (nSPS) is 24.0. The summed E-state index contributed by atoms with van der Waals surface area (Å²) >= 11 is 0. The molecule has 1 atom stereocenters. The topological polar surface area (TPSA) is 18.5 Å². The maximum absolute atomic E-state index is 3.56. The van der Waals surface area contributed by atoms with Crippen LogP contribution in [0.3, 0.4) is 0 Å². The van der Waals surface area contributed by atoms with Crippen molar-refractivity contribution in [1.29, 1.82) is 0 Å². The maximum atomic E-state index is 3.56. The molecule has 0 saturated carbocycles. The molecule has 0 aromatic carbocycles. The van der Waals surface area contributed by atoms with E-state index in [1.807, 2.05) is 0 Å². The number of nitrogens with zero attached hydrogens (tertiary/aromatic N) is 2. The lowest BCUT2D eigenvalue weighted by Crippen LogP contribution is -2.44. The Morgan fingerprint density at radius 1 is 1.38 bits per heavy atom. The highest BCUT2D eigenvalue weighted by Gasteiger charge is 2.22. The highest BCUT2D eigenvalue weighted by Crippen LogP contribution is 2.13. The number of hydrogen-bond acceptors (Lipinski definition) is 3. The van der Waals surface area contributed by atoms with E-state index in [2.05, 4.69) is 43.1 Å². The summed E-state index contributed by atoms with van der Waals surface area (Å²) in [4.78, 5) is 4.97. The highest BCUT2D eigenvalue weighted by atomic mass is 15.2. The third kappa shape index (κ3) is 4.81. The second-order valence-corrected chi connectivity index (χ2v) is 5.56. The molecule has 1 N–H and O–H groups in total. The average molecular weight is 227 g/mol. The molecular formula is C13H29N3. The SMILES string of the molecule is CC(C)C1CNCCCN1CCCN(C)C. The van der Waals surface area contributed by atoms with Crippen LogP contribution in [0, 0.1) is 5.92 Å². The van der Waals surface area contributed by atoms with Gasteiger partial charge in [0.25, 0.3) is 0 Å². The Hall–Kier alpha value is -0.120. The van der Waals surface area contributed by atoms with E-state index in [4.69, 9.17) is 0 Å². The molecule has 3 heteroatoms. The first kappa shape index (κ1) is 13.9. The Bertz CT molecular complexity index is 180. The Kier molecular flexibility index (Phi) is 6.32. The van der Waals surface area contributed by atoms with Gasteiger partial charge in [-0.05, 0) is 59.0 Å². The van der Waals surface area contributed by atoms with Gasteiger partial charge >= 0.3 is 0 Å². The minimum absolute atomic E-state index is 0.727. The van der Waals surface area contributed by atoms with E-state index in [-0.39, 0.29) is 0 Å². The fourth-order valence-corrected chi connectivity index (χ4v) is 2.48. The molecule has 0 spiro atoms. The number of nitrogens with one attached hydrogen (secondary N) is 1. The summed E-state index contributed by atoms with van der Waals surface area (Å²) in [6.45, 7) is 10.8. The third-order valence-corrected chi connectivity index (χ3v) is 3.44. The van der Waals surface area contributed by atoms with Gasteiger partial charge in [0.15, 0.2) is 0 Å². The van der Waals surface area contributed by atoms with Crippen molar-refractivity contribution in [3.05, 3.63) is 0 Å². The molecule has 1 rings (SSSR count). The second kappa shape index (κ2) is 7.25.